The van der Waals surface area contributed by atoms with Gasteiger partial charge in [-0.05, 0) is 81.7 Å². The number of piperidine rings is 1. The molecule has 2 aliphatic heterocycles. The minimum Gasteiger partial charge on any atom is -0.356 e. The Bertz CT molecular complexity index is 1170. The summed E-state index contributed by atoms with van der Waals surface area (Å²) >= 11 is 3.14. The Morgan fingerprint density at radius 2 is 1.86 bits per heavy atom. The lowest BCUT2D eigenvalue weighted by atomic mass is 10.0. The van der Waals surface area contributed by atoms with E-state index in [2.05, 4.69) is 25.4 Å². The number of anilines is 4. The van der Waals surface area contributed by atoms with Crippen molar-refractivity contribution in [3.8, 4) is 0 Å². The minimum absolute atomic E-state index is 0.00748. The van der Waals surface area contributed by atoms with Crippen molar-refractivity contribution >= 4 is 51.5 Å². The number of benzene rings is 1. The SMILES string of the molecule is CCC(=O)Nc1ccc(Sc2nc(Nc3ncc(C)s3)cc(N3CCC(N4CCCC4)CC3)n2)cc1. The first-order valence-corrected chi connectivity index (χ1v) is 14.3. The average Bonchev–Trinajstić information content (AvgIpc) is 3.57. The first-order chi connectivity index (χ1) is 17.6. The molecular formula is C26H33N7OS2. The van der Waals surface area contributed by atoms with E-state index in [9.17, 15) is 4.79 Å². The van der Waals surface area contributed by atoms with Crippen LogP contribution in [0, 0.1) is 6.92 Å². The molecule has 2 aromatic heterocycles. The maximum atomic E-state index is 11.7. The molecule has 3 aromatic rings. The molecule has 2 N–H and O–H groups in total. The second-order valence-electron chi connectivity index (χ2n) is 9.28. The molecule has 2 aliphatic rings. The second kappa shape index (κ2) is 11.6. The number of carbonyl (C=O) groups excluding carboxylic acids is 1. The number of thiazole rings is 1. The molecule has 0 aliphatic carbocycles. The molecule has 5 rings (SSSR count). The number of rotatable bonds is 8. The van der Waals surface area contributed by atoms with Crippen LogP contribution in [0.1, 0.15) is 43.9 Å². The van der Waals surface area contributed by atoms with E-state index in [1.807, 2.05) is 50.4 Å². The number of hydrogen-bond donors (Lipinski definition) is 2. The first-order valence-electron chi connectivity index (χ1n) is 12.7. The van der Waals surface area contributed by atoms with Crippen molar-refractivity contribution in [1.82, 2.24) is 19.9 Å². The third kappa shape index (κ3) is 6.35. The highest BCUT2D eigenvalue weighted by atomic mass is 32.2. The molecule has 1 aromatic carbocycles. The Hall–Kier alpha value is -2.69. The summed E-state index contributed by atoms with van der Waals surface area (Å²) in [5.41, 5.74) is 0.795. The van der Waals surface area contributed by atoms with Crippen LogP contribution in [-0.2, 0) is 4.79 Å². The molecule has 0 radical (unpaired) electrons. The van der Waals surface area contributed by atoms with Gasteiger partial charge in [-0.3, -0.25) is 4.79 Å². The van der Waals surface area contributed by atoms with E-state index in [1.54, 1.807) is 11.3 Å². The zero-order valence-electron chi connectivity index (χ0n) is 20.9. The molecule has 4 heterocycles. The Kier molecular flexibility index (Phi) is 8.03. The molecule has 0 bridgehead atoms. The van der Waals surface area contributed by atoms with Gasteiger partial charge in [0.2, 0.25) is 5.91 Å². The van der Waals surface area contributed by atoms with E-state index >= 15 is 0 Å². The predicted octanol–water partition coefficient (Wildman–Crippen LogP) is 5.55. The van der Waals surface area contributed by atoms with Crippen molar-refractivity contribution in [2.75, 3.05) is 41.7 Å². The van der Waals surface area contributed by atoms with Crippen molar-refractivity contribution in [1.29, 1.82) is 0 Å². The number of aromatic nitrogens is 3. The highest BCUT2D eigenvalue weighted by Gasteiger charge is 2.27. The van der Waals surface area contributed by atoms with Crippen molar-refractivity contribution in [2.24, 2.45) is 0 Å². The normalized spacial score (nSPS) is 16.9. The Balaban J connectivity index is 1.33. The Morgan fingerprint density at radius 3 is 2.53 bits per heavy atom. The van der Waals surface area contributed by atoms with Gasteiger partial charge < -0.3 is 20.4 Å². The molecule has 8 nitrogen and oxygen atoms in total. The van der Waals surface area contributed by atoms with E-state index in [1.165, 1.54) is 50.5 Å². The quantitative estimate of drug-likeness (QED) is 0.372. The molecular weight excluding hydrogens is 490 g/mol. The Labute approximate surface area is 220 Å². The third-order valence-corrected chi connectivity index (χ3v) is 8.36. The number of hydrogen-bond acceptors (Lipinski definition) is 9. The van der Waals surface area contributed by atoms with Crippen LogP contribution in [0.2, 0.25) is 0 Å². The molecule has 0 atom stereocenters. The number of likely N-dealkylation sites (tertiary alicyclic amines) is 1. The van der Waals surface area contributed by atoms with Crippen molar-refractivity contribution in [3.63, 3.8) is 0 Å². The van der Waals surface area contributed by atoms with Gasteiger partial charge in [0.25, 0.3) is 0 Å². The van der Waals surface area contributed by atoms with Gasteiger partial charge in [-0.15, -0.1) is 11.3 Å². The summed E-state index contributed by atoms with van der Waals surface area (Å²) in [5.74, 6) is 1.72. The van der Waals surface area contributed by atoms with Crippen LogP contribution in [0.25, 0.3) is 0 Å². The van der Waals surface area contributed by atoms with E-state index in [4.69, 9.17) is 9.97 Å². The van der Waals surface area contributed by atoms with Crippen molar-refractivity contribution < 1.29 is 4.79 Å². The molecule has 10 heteroatoms. The van der Waals surface area contributed by atoms with Gasteiger partial charge in [0.1, 0.15) is 11.6 Å². The highest BCUT2D eigenvalue weighted by Crippen LogP contribution is 2.32. The van der Waals surface area contributed by atoms with Crippen LogP contribution in [0.4, 0.5) is 22.5 Å². The van der Waals surface area contributed by atoms with E-state index in [0.717, 1.165) is 45.3 Å². The maximum Gasteiger partial charge on any atom is 0.224 e. The van der Waals surface area contributed by atoms with Crippen LogP contribution in [-0.4, -0.2) is 58.0 Å². The smallest absolute Gasteiger partial charge is 0.224 e. The fraction of sp³-hybridized carbons (Fsp3) is 0.462. The summed E-state index contributed by atoms with van der Waals surface area (Å²) in [4.78, 5) is 33.1. The molecule has 0 unspecified atom stereocenters. The number of nitrogens with zero attached hydrogens (tertiary/aromatic N) is 5. The van der Waals surface area contributed by atoms with Crippen molar-refractivity contribution in [2.45, 2.75) is 62.0 Å². The lowest BCUT2D eigenvalue weighted by Gasteiger charge is -2.37. The second-order valence-corrected chi connectivity index (χ2v) is 11.6. The van der Waals surface area contributed by atoms with Gasteiger partial charge >= 0.3 is 0 Å². The average molecular weight is 524 g/mol. The standard InChI is InChI=1S/C26H33N7OS2/c1-3-24(34)28-19-6-8-21(9-7-19)36-26-30-22(29-25-27-17-18(2)35-25)16-23(31-26)33-14-10-20(11-15-33)32-12-4-5-13-32/h6-9,16-17,20H,3-5,10-15H2,1-2H3,(H,28,34)(H,27,29,30,31). The number of aryl methyl sites for hydroxylation is 1. The minimum atomic E-state index is 0.00748. The van der Waals surface area contributed by atoms with E-state index < -0.39 is 0 Å². The van der Waals surface area contributed by atoms with Gasteiger partial charge in [0.05, 0.1) is 0 Å². The van der Waals surface area contributed by atoms with Crippen LogP contribution in [0.15, 0.2) is 46.6 Å². The summed E-state index contributed by atoms with van der Waals surface area (Å²) in [6, 6.07) is 10.6. The monoisotopic (exact) mass is 523 g/mol. The fourth-order valence-corrected chi connectivity index (χ4v) is 6.17. The predicted molar refractivity (Wildman–Crippen MR) is 148 cm³/mol. The van der Waals surface area contributed by atoms with E-state index in [0.29, 0.717) is 17.6 Å². The lowest BCUT2D eigenvalue weighted by molar-refractivity contribution is -0.115. The summed E-state index contributed by atoms with van der Waals surface area (Å²) in [5, 5.41) is 7.79. The van der Waals surface area contributed by atoms with Crippen LogP contribution >= 0.6 is 23.1 Å². The van der Waals surface area contributed by atoms with Gasteiger partial charge in [-0.2, -0.15) is 0 Å². The maximum absolute atomic E-state index is 11.7. The third-order valence-electron chi connectivity index (χ3n) is 6.66. The molecule has 190 valence electrons. The fourth-order valence-electron chi connectivity index (χ4n) is 4.73. The number of nitrogens with one attached hydrogen (secondary N) is 2. The van der Waals surface area contributed by atoms with Crippen LogP contribution in [0.3, 0.4) is 0 Å². The van der Waals surface area contributed by atoms with Crippen LogP contribution < -0.4 is 15.5 Å². The lowest BCUT2D eigenvalue weighted by Crippen LogP contribution is -2.44. The number of carbonyl (C=O) groups is 1. The molecule has 2 fully saturated rings. The summed E-state index contributed by atoms with van der Waals surface area (Å²) in [7, 11) is 0. The molecule has 0 saturated carbocycles. The van der Waals surface area contributed by atoms with Crippen molar-refractivity contribution in [3.05, 3.63) is 41.4 Å². The van der Waals surface area contributed by atoms with Gasteiger partial charge in [0, 0.05) is 53.3 Å². The number of amides is 1. The summed E-state index contributed by atoms with van der Waals surface area (Å²) in [6.45, 7) is 8.40. The first kappa shape index (κ1) is 25.0. The molecule has 1 amide bonds. The summed E-state index contributed by atoms with van der Waals surface area (Å²) < 4.78 is 0. The Morgan fingerprint density at radius 1 is 1.11 bits per heavy atom. The topological polar surface area (TPSA) is 86.3 Å². The van der Waals surface area contributed by atoms with E-state index in [-0.39, 0.29) is 5.91 Å². The molecule has 0 spiro atoms. The van der Waals surface area contributed by atoms with Gasteiger partial charge in [0.15, 0.2) is 10.3 Å². The molecule has 36 heavy (non-hydrogen) atoms. The zero-order chi connectivity index (χ0) is 24.9. The van der Waals surface area contributed by atoms with Crippen LogP contribution in [0.5, 0.6) is 0 Å². The zero-order valence-corrected chi connectivity index (χ0v) is 22.5. The van der Waals surface area contributed by atoms with Gasteiger partial charge in [-0.25, -0.2) is 15.0 Å². The summed E-state index contributed by atoms with van der Waals surface area (Å²) in [6.07, 6.45) is 7.35. The molecule has 2 saturated heterocycles. The van der Waals surface area contributed by atoms with Gasteiger partial charge in [-0.1, -0.05) is 6.92 Å². The largest absolute Gasteiger partial charge is 0.356 e. The highest BCUT2D eigenvalue weighted by molar-refractivity contribution is 7.99.